The molecule has 0 radical (unpaired) electrons. The van der Waals surface area contributed by atoms with E-state index in [2.05, 4.69) is 10.3 Å². The smallest absolute Gasteiger partial charge is 0.421 e. The van der Waals surface area contributed by atoms with Crippen molar-refractivity contribution < 1.29 is 17.9 Å². The van der Waals surface area contributed by atoms with Crippen LogP contribution in [0.25, 0.3) is 0 Å². The van der Waals surface area contributed by atoms with Gasteiger partial charge in [-0.15, -0.1) is 0 Å². The molecule has 1 aromatic heterocycles. The van der Waals surface area contributed by atoms with Crippen molar-refractivity contribution in [1.82, 2.24) is 10.3 Å². The van der Waals surface area contributed by atoms with Crippen LogP contribution in [0.3, 0.4) is 0 Å². The molecule has 0 aliphatic carbocycles. The number of ether oxygens (including phenoxy) is 1. The maximum atomic E-state index is 12.7. The molecular weight excluding hydrogens is 233 g/mol. The van der Waals surface area contributed by atoms with Crippen LogP contribution in [0.15, 0.2) is 18.5 Å². The maximum Gasteiger partial charge on any atom is 0.421 e. The van der Waals surface area contributed by atoms with Crippen LogP contribution in [-0.4, -0.2) is 24.2 Å². The number of nitrogens with zero attached hydrogens (tertiary/aromatic N) is 1. The Bertz CT molecular complexity index is 375. The van der Waals surface area contributed by atoms with Gasteiger partial charge in [-0.05, 0) is 25.5 Å². The van der Waals surface area contributed by atoms with Gasteiger partial charge < -0.3 is 10.1 Å². The number of pyridine rings is 1. The Hall–Kier alpha value is -1.30. The zero-order valence-corrected chi connectivity index (χ0v) is 9.13. The van der Waals surface area contributed by atoms with Crippen LogP contribution < -0.4 is 10.1 Å². The number of aromatic nitrogens is 1. The highest BCUT2D eigenvalue weighted by Crippen LogP contribution is 2.35. The second kappa shape index (κ2) is 4.91. The summed E-state index contributed by atoms with van der Waals surface area (Å²) in [5.74, 6) is -0.138. The van der Waals surface area contributed by atoms with E-state index in [9.17, 15) is 13.2 Å². The average molecular weight is 246 g/mol. The normalized spacial score (nSPS) is 21.2. The molecule has 1 fully saturated rings. The summed E-state index contributed by atoms with van der Waals surface area (Å²) in [7, 11) is 0. The first-order valence-electron chi connectivity index (χ1n) is 5.46. The molecule has 94 valence electrons. The molecule has 1 saturated heterocycles. The van der Waals surface area contributed by atoms with Crippen molar-refractivity contribution in [2.75, 3.05) is 13.1 Å². The van der Waals surface area contributed by atoms with E-state index in [1.54, 1.807) is 0 Å². The van der Waals surface area contributed by atoms with E-state index in [1.807, 2.05) is 0 Å². The molecule has 6 heteroatoms. The third kappa shape index (κ3) is 3.09. The number of alkyl halides is 3. The molecule has 3 nitrogen and oxygen atoms in total. The Morgan fingerprint density at radius 1 is 1.41 bits per heavy atom. The largest absolute Gasteiger partial charge is 0.488 e. The van der Waals surface area contributed by atoms with Crippen molar-refractivity contribution in [3.63, 3.8) is 0 Å². The highest BCUT2D eigenvalue weighted by Gasteiger charge is 2.35. The quantitative estimate of drug-likeness (QED) is 0.868. The van der Waals surface area contributed by atoms with Crippen molar-refractivity contribution in [2.45, 2.75) is 25.1 Å². The predicted octanol–water partition coefficient (Wildman–Crippen LogP) is 2.23. The molecule has 1 unspecified atom stereocenters. The molecule has 1 aliphatic heterocycles. The lowest BCUT2D eigenvalue weighted by atomic mass is 10.1. The van der Waals surface area contributed by atoms with Crippen LogP contribution >= 0.6 is 0 Å². The summed E-state index contributed by atoms with van der Waals surface area (Å²) in [6.45, 7) is 1.47. The Kier molecular flexibility index (Phi) is 3.51. The summed E-state index contributed by atoms with van der Waals surface area (Å²) in [5.41, 5.74) is -0.814. The molecule has 0 bridgehead atoms. The van der Waals surface area contributed by atoms with Gasteiger partial charge in [0, 0.05) is 18.9 Å². The van der Waals surface area contributed by atoms with Crippen LogP contribution in [0.1, 0.15) is 18.4 Å². The number of hydrogen-bond acceptors (Lipinski definition) is 3. The fourth-order valence-corrected chi connectivity index (χ4v) is 1.80. The Morgan fingerprint density at radius 3 is 2.88 bits per heavy atom. The first-order chi connectivity index (χ1) is 8.07. The molecule has 1 N–H and O–H groups in total. The van der Waals surface area contributed by atoms with Gasteiger partial charge in [-0.1, -0.05) is 0 Å². The third-order valence-corrected chi connectivity index (χ3v) is 2.63. The van der Waals surface area contributed by atoms with Crippen LogP contribution in [0.2, 0.25) is 0 Å². The summed E-state index contributed by atoms with van der Waals surface area (Å²) in [6.07, 6.45) is -0.839. The Balaban J connectivity index is 2.14. The van der Waals surface area contributed by atoms with Crippen molar-refractivity contribution in [3.8, 4) is 5.75 Å². The summed E-state index contributed by atoms with van der Waals surface area (Å²) >= 11 is 0. The lowest BCUT2D eigenvalue weighted by Crippen LogP contribution is -2.37. The molecular formula is C11H13F3N2O. The van der Waals surface area contributed by atoms with Gasteiger partial charge in [-0.25, -0.2) is 0 Å². The lowest BCUT2D eigenvalue weighted by molar-refractivity contribution is -0.139. The van der Waals surface area contributed by atoms with Gasteiger partial charge in [0.2, 0.25) is 0 Å². The van der Waals surface area contributed by atoms with E-state index in [-0.39, 0.29) is 11.9 Å². The maximum absolute atomic E-state index is 12.7. The number of halogens is 3. The van der Waals surface area contributed by atoms with Crippen molar-refractivity contribution in [3.05, 3.63) is 24.0 Å². The Labute approximate surface area is 97.0 Å². The number of hydrogen-bond donors (Lipinski definition) is 1. The summed E-state index contributed by atoms with van der Waals surface area (Å²) in [5, 5.41) is 3.09. The minimum atomic E-state index is -4.42. The molecule has 0 saturated carbocycles. The van der Waals surface area contributed by atoms with Crippen LogP contribution in [-0.2, 0) is 6.18 Å². The van der Waals surface area contributed by atoms with Crippen molar-refractivity contribution >= 4 is 0 Å². The number of nitrogens with one attached hydrogen (secondary N) is 1. The molecule has 0 spiro atoms. The first kappa shape index (κ1) is 12.2. The highest BCUT2D eigenvalue weighted by atomic mass is 19.4. The first-order valence-corrected chi connectivity index (χ1v) is 5.46. The molecule has 1 aliphatic rings. The van der Waals surface area contributed by atoms with Gasteiger partial charge in [-0.2, -0.15) is 13.2 Å². The standard InChI is InChI=1S/C11H13F3N2O/c12-11(13,14)9-7-16-5-3-10(9)17-8-2-1-4-15-6-8/h3,5,7-8,15H,1-2,4,6H2. The van der Waals surface area contributed by atoms with E-state index in [0.717, 1.165) is 25.6 Å². The molecule has 0 amide bonds. The zero-order valence-electron chi connectivity index (χ0n) is 9.13. The second-order valence-corrected chi connectivity index (χ2v) is 3.96. The van der Waals surface area contributed by atoms with E-state index < -0.39 is 11.7 Å². The molecule has 1 aromatic rings. The monoisotopic (exact) mass is 246 g/mol. The second-order valence-electron chi connectivity index (χ2n) is 3.96. The summed E-state index contributed by atoms with van der Waals surface area (Å²) in [4.78, 5) is 3.49. The minimum Gasteiger partial charge on any atom is -0.488 e. The molecule has 17 heavy (non-hydrogen) atoms. The molecule has 0 aromatic carbocycles. The fraction of sp³-hybridized carbons (Fsp3) is 0.545. The van der Waals surface area contributed by atoms with Crippen LogP contribution in [0.4, 0.5) is 13.2 Å². The van der Waals surface area contributed by atoms with Gasteiger partial charge in [0.25, 0.3) is 0 Å². The van der Waals surface area contributed by atoms with E-state index in [1.165, 1.54) is 12.3 Å². The average Bonchev–Trinajstić information content (AvgIpc) is 2.30. The molecule has 2 rings (SSSR count). The van der Waals surface area contributed by atoms with Gasteiger partial charge >= 0.3 is 6.18 Å². The minimum absolute atomic E-state index is 0.138. The topological polar surface area (TPSA) is 34.1 Å². The van der Waals surface area contributed by atoms with E-state index >= 15 is 0 Å². The van der Waals surface area contributed by atoms with Gasteiger partial charge in [0.15, 0.2) is 0 Å². The number of rotatable bonds is 2. The zero-order chi connectivity index (χ0) is 12.3. The highest BCUT2D eigenvalue weighted by molar-refractivity contribution is 5.32. The molecule has 2 heterocycles. The SMILES string of the molecule is FC(F)(F)c1cnccc1OC1CCCNC1. The van der Waals surface area contributed by atoms with Gasteiger partial charge in [0.05, 0.1) is 0 Å². The van der Waals surface area contributed by atoms with Crippen molar-refractivity contribution in [1.29, 1.82) is 0 Å². The third-order valence-electron chi connectivity index (χ3n) is 2.63. The van der Waals surface area contributed by atoms with E-state index in [0.29, 0.717) is 6.54 Å². The summed E-state index contributed by atoms with van der Waals surface area (Å²) < 4.78 is 43.4. The van der Waals surface area contributed by atoms with E-state index in [4.69, 9.17) is 4.74 Å². The van der Waals surface area contributed by atoms with Crippen LogP contribution in [0, 0.1) is 0 Å². The fourth-order valence-electron chi connectivity index (χ4n) is 1.80. The Morgan fingerprint density at radius 2 is 2.24 bits per heavy atom. The van der Waals surface area contributed by atoms with Gasteiger partial charge in [-0.3, -0.25) is 4.98 Å². The number of piperidine rings is 1. The predicted molar refractivity (Wildman–Crippen MR) is 55.8 cm³/mol. The van der Waals surface area contributed by atoms with Crippen LogP contribution in [0.5, 0.6) is 5.75 Å². The van der Waals surface area contributed by atoms with Gasteiger partial charge in [0.1, 0.15) is 17.4 Å². The molecule has 1 atom stereocenters. The summed E-state index contributed by atoms with van der Waals surface area (Å²) in [6, 6.07) is 1.26. The lowest BCUT2D eigenvalue weighted by Gasteiger charge is -2.25. The van der Waals surface area contributed by atoms with Crippen molar-refractivity contribution in [2.24, 2.45) is 0 Å².